The van der Waals surface area contributed by atoms with Crippen LogP contribution in [0.5, 0.6) is 0 Å². The maximum Gasteiger partial charge on any atom is 0.135 e. The van der Waals surface area contributed by atoms with E-state index in [4.69, 9.17) is 0 Å². The predicted octanol–water partition coefficient (Wildman–Crippen LogP) is 5.51. The van der Waals surface area contributed by atoms with Crippen LogP contribution < -0.4 is 4.90 Å². The van der Waals surface area contributed by atoms with Gasteiger partial charge in [-0.15, -0.1) is 11.3 Å². The van der Waals surface area contributed by atoms with E-state index in [0.29, 0.717) is 5.57 Å². The molecular weight excluding hydrogens is 338 g/mol. The summed E-state index contributed by atoms with van der Waals surface area (Å²) in [7, 11) is 2.08. The van der Waals surface area contributed by atoms with Gasteiger partial charge in [0.05, 0.1) is 15.8 Å². The molecule has 0 atom stereocenters. The van der Waals surface area contributed by atoms with E-state index < -0.39 is 0 Å². The van der Waals surface area contributed by atoms with Crippen LogP contribution in [-0.2, 0) is 5.41 Å². The number of hydrogen-bond donors (Lipinski definition) is 0. The molecule has 1 aliphatic heterocycles. The highest BCUT2D eigenvalue weighted by Gasteiger charge is 2.37. The van der Waals surface area contributed by atoms with Crippen molar-refractivity contribution in [3.63, 3.8) is 0 Å². The first kappa shape index (κ1) is 16.6. The standard InChI is InChI=1S/C22H19N3S/c1-22(2)16-8-4-6-10-18(16)25(3)20(22)13-12-15(14-23)21-24-17-9-5-7-11-19(17)26-21/h4-13H,1-3H3/b15-12+,20-13+. The summed E-state index contributed by atoms with van der Waals surface area (Å²) in [5.41, 5.74) is 5.13. The van der Waals surface area contributed by atoms with Gasteiger partial charge in [-0.05, 0) is 35.9 Å². The van der Waals surface area contributed by atoms with Crippen LogP contribution in [-0.4, -0.2) is 12.0 Å². The molecule has 0 fully saturated rings. The molecule has 26 heavy (non-hydrogen) atoms. The zero-order valence-electron chi connectivity index (χ0n) is 15.0. The Kier molecular flexibility index (Phi) is 3.90. The van der Waals surface area contributed by atoms with E-state index in [9.17, 15) is 5.26 Å². The molecule has 4 heteroatoms. The summed E-state index contributed by atoms with van der Waals surface area (Å²) in [6, 6.07) is 18.7. The third kappa shape index (κ3) is 2.53. The molecule has 2 heterocycles. The van der Waals surface area contributed by atoms with Crippen molar-refractivity contribution in [2.45, 2.75) is 19.3 Å². The Morgan fingerprint density at radius 1 is 1.15 bits per heavy atom. The van der Waals surface area contributed by atoms with Gasteiger partial charge in [-0.25, -0.2) is 4.98 Å². The lowest BCUT2D eigenvalue weighted by Crippen LogP contribution is -2.22. The number of aromatic nitrogens is 1. The molecule has 0 amide bonds. The molecule has 0 saturated heterocycles. The van der Waals surface area contributed by atoms with Crippen LogP contribution in [0.25, 0.3) is 15.8 Å². The van der Waals surface area contributed by atoms with Crippen LogP contribution in [0, 0.1) is 11.3 Å². The fraction of sp³-hybridized carbons (Fsp3) is 0.182. The monoisotopic (exact) mass is 357 g/mol. The molecule has 0 radical (unpaired) electrons. The SMILES string of the molecule is CN1/C(=C/C=C(\C#N)c2nc3ccccc3s2)C(C)(C)c2ccccc21. The van der Waals surface area contributed by atoms with Gasteiger partial charge < -0.3 is 4.90 Å². The number of likely N-dealkylation sites (N-methyl/N-ethyl adjacent to an activating group) is 1. The zero-order valence-corrected chi connectivity index (χ0v) is 15.8. The van der Waals surface area contributed by atoms with Crippen molar-refractivity contribution in [1.29, 1.82) is 5.26 Å². The Balaban J connectivity index is 1.77. The molecule has 0 aliphatic carbocycles. The fourth-order valence-electron chi connectivity index (χ4n) is 3.61. The maximum atomic E-state index is 9.65. The predicted molar refractivity (Wildman–Crippen MR) is 109 cm³/mol. The van der Waals surface area contributed by atoms with Gasteiger partial charge in [-0.2, -0.15) is 5.26 Å². The number of hydrogen-bond acceptors (Lipinski definition) is 4. The van der Waals surface area contributed by atoms with Crippen LogP contribution >= 0.6 is 11.3 Å². The molecule has 0 unspecified atom stereocenters. The van der Waals surface area contributed by atoms with Gasteiger partial charge in [0.2, 0.25) is 0 Å². The van der Waals surface area contributed by atoms with Crippen molar-refractivity contribution >= 4 is 32.8 Å². The van der Waals surface area contributed by atoms with E-state index in [-0.39, 0.29) is 5.41 Å². The van der Waals surface area contributed by atoms with Gasteiger partial charge in [0.25, 0.3) is 0 Å². The van der Waals surface area contributed by atoms with Gasteiger partial charge >= 0.3 is 0 Å². The van der Waals surface area contributed by atoms with Crippen LogP contribution in [0.1, 0.15) is 24.4 Å². The molecule has 0 saturated carbocycles. The van der Waals surface area contributed by atoms with Crippen molar-refractivity contribution in [2.24, 2.45) is 0 Å². The quantitative estimate of drug-likeness (QED) is 0.567. The number of benzene rings is 2. The smallest absolute Gasteiger partial charge is 0.135 e. The minimum absolute atomic E-state index is 0.101. The van der Waals surface area contributed by atoms with Crippen LogP contribution in [0.3, 0.4) is 0 Å². The summed E-state index contributed by atoms with van der Waals surface area (Å²) in [6.45, 7) is 4.44. The number of rotatable bonds is 2. The molecule has 3 nitrogen and oxygen atoms in total. The second-order valence-corrected chi connectivity index (χ2v) is 7.96. The minimum atomic E-state index is -0.101. The molecule has 3 aromatic rings. The molecule has 1 aliphatic rings. The largest absolute Gasteiger partial charge is 0.347 e. The Hall–Kier alpha value is -2.90. The Labute approximate surface area is 157 Å². The zero-order chi connectivity index (χ0) is 18.3. The molecule has 1 aromatic heterocycles. The third-order valence-corrected chi connectivity index (χ3v) is 6.06. The minimum Gasteiger partial charge on any atom is -0.347 e. The van der Waals surface area contributed by atoms with E-state index in [2.05, 4.69) is 67.2 Å². The lowest BCUT2D eigenvalue weighted by atomic mass is 9.83. The Morgan fingerprint density at radius 3 is 2.62 bits per heavy atom. The van der Waals surface area contributed by atoms with Gasteiger partial charge in [-0.1, -0.05) is 44.2 Å². The van der Waals surface area contributed by atoms with E-state index in [1.807, 2.05) is 30.3 Å². The summed E-state index contributed by atoms with van der Waals surface area (Å²) >= 11 is 1.56. The number of fused-ring (bicyclic) bond motifs is 2. The molecule has 0 bridgehead atoms. The van der Waals surface area contributed by atoms with E-state index in [1.54, 1.807) is 11.3 Å². The summed E-state index contributed by atoms with van der Waals surface area (Å²) < 4.78 is 1.10. The summed E-state index contributed by atoms with van der Waals surface area (Å²) in [6.07, 6.45) is 3.96. The van der Waals surface area contributed by atoms with Crippen molar-refractivity contribution < 1.29 is 0 Å². The number of para-hydroxylation sites is 2. The Morgan fingerprint density at radius 2 is 1.88 bits per heavy atom. The molecule has 2 aromatic carbocycles. The fourth-order valence-corrected chi connectivity index (χ4v) is 4.55. The van der Waals surface area contributed by atoms with Crippen LogP contribution in [0.2, 0.25) is 0 Å². The van der Waals surface area contributed by atoms with Crippen molar-refractivity contribution in [3.05, 3.63) is 77.0 Å². The van der Waals surface area contributed by atoms with Crippen molar-refractivity contribution in [3.8, 4) is 6.07 Å². The first-order valence-corrected chi connectivity index (χ1v) is 9.36. The summed E-state index contributed by atoms with van der Waals surface area (Å²) in [4.78, 5) is 6.82. The van der Waals surface area contributed by atoms with Crippen LogP contribution in [0.15, 0.2) is 66.4 Å². The topological polar surface area (TPSA) is 39.9 Å². The summed E-state index contributed by atoms with van der Waals surface area (Å²) in [5.74, 6) is 0. The molecule has 0 spiro atoms. The number of nitriles is 1. The lowest BCUT2D eigenvalue weighted by Gasteiger charge is -2.23. The summed E-state index contributed by atoms with van der Waals surface area (Å²) in [5, 5.41) is 10.4. The van der Waals surface area contributed by atoms with E-state index in [1.165, 1.54) is 16.9 Å². The molecule has 4 rings (SSSR count). The molecule has 128 valence electrons. The number of nitrogens with zero attached hydrogens (tertiary/aromatic N) is 3. The van der Waals surface area contributed by atoms with Gasteiger partial charge in [-0.3, -0.25) is 0 Å². The average molecular weight is 357 g/mol. The molecular formula is C22H19N3S. The second kappa shape index (κ2) is 6.12. The van der Waals surface area contributed by atoms with Crippen molar-refractivity contribution in [1.82, 2.24) is 4.98 Å². The normalized spacial score (nSPS) is 17.5. The van der Waals surface area contributed by atoms with Gasteiger partial charge in [0.1, 0.15) is 11.1 Å². The lowest BCUT2D eigenvalue weighted by molar-refractivity contribution is 0.640. The van der Waals surface area contributed by atoms with E-state index >= 15 is 0 Å². The second-order valence-electron chi connectivity index (χ2n) is 6.93. The van der Waals surface area contributed by atoms with Crippen LogP contribution in [0.4, 0.5) is 5.69 Å². The molecule has 0 N–H and O–H groups in total. The number of anilines is 1. The Bertz CT molecular complexity index is 1060. The van der Waals surface area contributed by atoms with Gasteiger partial charge in [0.15, 0.2) is 0 Å². The first-order chi connectivity index (χ1) is 12.5. The highest BCUT2D eigenvalue weighted by Crippen LogP contribution is 2.46. The average Bonchev–Trinajstić information content (AvgIpc) is 3.15. The van der Waals surface area contributed by atoms with Gasteiger partial charge in [0, 0.05) is 23.8 Å². The van der Waals surface area contributed by atoms with E-state index in [0.717, 1.165) is 15.2 Å². The number of thiazole rings is 1. The number of allylic oxidation sites excluding steroid dienone is 4. The first-order valence-electron chi connectivity index (χ1n) is 8.54. The third-order valence-electron chi connectivity index (χ3n) is 4.99. The maximum absolute atomic E-state index is 9.65. The highest BCUT2D eigenvalue weighted by atomic mass is 32.1. The van der Waals surface area contributed by atoms with Crippen molar-refractivity contribution in [2.75, 3.05) is 11.9 Å². The highest BCUT2D eigenvalue weighted by molar-refractivity contribution is 7.19.